The highest BCUT2D eigenvalue weighted by Gasteiger charge is 2.11. The fourth-order valence-corrected chi connectivity index (χ4v) is 2.54. The summed E-state index contributed by atoms with van der Waals surface area (Å²) in [4.78, 5) is 4.40. The molecule has 0 radical (unpaired) electrons. The van der Waals surface area contributed by atoms with Crippen molar-refractivity contribution in [3.63, 3.8) is 0 Å². The average molecular weight is 348 g/mol. The van der Waals surface area contributed by atoms with Crippen LogP contribution in [0.5, 0.6) is 11.5 Å². The maximum absolute atomic E-state index is 11.6. The molecule has 24 heavy (non-hydrogen) atoms. The monoisotopic (exact) mass is 348 g/mol. The van der Waals surface area contributed by atoms with Gasteiger partial charge in [0.25, 0.3) is 0 Å². The van der Waals surface area contributed by atoms with Gasteiger partial charge in [-0.05, 0) is 36.4 Å². The average Bonchev–Trinajstić information content (AvgIpc) is 2.58. The fraction of sp³-hybridized carbons (Fsp3) is 0.235. The second-order valence-electron chi connectivity index (χ2n) is 5.12. The van der Waals surface area contributed by atoms with E-state index in [0.29, 0.717) is 22.9 Å². The maximum atomic E-state index is 11.6. The third-order valence-corrected chi connectivity index (χ3v) is 4.69. The van der Waals surface area contributed by atoms with E-state index in [-0.39, 0.29) is 0 Å². The van der Waals surface area contributed by atoms with Crippen LogP contribution in [-0.2, 0) is 10.0 Å². The zero-order valence-corrected chi connectivity index (χ0v) is 14.9. The van der Waals surface area contributed by atoms with Crippen molar-refractivity contribution in [2.75, 3.05) is 31.8 Å². The van der Waals surface area contributed by atoms with Gasteiger partial charge in [-0.25, -0.2) is 8.42 Å². The summed E-state index contributed by atoms with van der Waals surface area (Å²) < 4.78 is 35.0. The molecule has 0 saturated heterocycles. The number of methoxy groups -OCH3 is 2. The van der Waals surface area contributed by atoms with Crippen molar-refractivity contribution in [1.29, 1.82) is 0 Å². The van der Waals surface area contributed by atoms with Crippen LogP contribution in [0.15, 0.2) is 47.5 Å². The topological polar surface area (TPSA) is 68.2 Å². The molecule has 0 amide bonds. The number of hydrogen-bond donors (Lipinski definition) is 0. The summed E-state index contributed by atoms with van der Waals surface area (Å²) in [5, 5.41) is 0. The van der Waals surface area contributed by atoms with Crippen LogP contribution in [0.4, 0.5) is 11.4 Å². The Balaban J connectivity index is 2.33. The molecule has 0 N–H and O–H groups in total. The van der Waals surface area contributed by atoms with Gasteiger partial charge in [-0.2, -0.15) is 0 Å². The SMILES string of the molecule is COc1ccc(OC)c(C=Nc2cccc(N(C)S(C)(=O)=O)c2)c1. The third-order valence-electron chi connectivity index (χ3n) is 3.48. The van der Waals surface area contributed by atoms with Crippen molar-refractivity contribution in [2.45, 2.75) is 0 Å². The molecule has 6 nitrogen and oxygen atoms in total. The number of sulfonamides is 1. The van der Waals surface area contributed by atoms with Crippen LogP contribution in [0.25, 0.3) is 0 Å². The van der Waals surface area contributed by atoms with Crippen LogP contribution < -0.4 is 13.8 Å². The molecule has 0 saturated carbocycles. The van der Waals surface area contributed by atoms with Crippen LogP contribution in [0, 0.1) is 0 Å². The molecule has 2 aromatic carbocycles. The highest BCUT2D eigenvalue weighted by molar-refractivity contribution is 7.92. The van der Waals surface area contributed by atoms with Crippen LogP contribution in [-0.4, -0.2) is 42.2 Å². The summed E-state index contributed by atoms with van der Waals surface area (Å²) in [6.07, 6.45) is 2.81. The standard InChI is InChI=1S/C17H20N2O4S/c1-19(24(4,20)21)15-7-5-6-14(11-15)18-12-13-10-16(22-2)8-9-17(13)23-3/h5-12H,1-4H3. The van der Waals surface area contributed by atoms with Crippen molar-refractivity contribution < 1.29 is 17.9 Å². The zero-order chi connectivity index (χ0) is 17.7. The van der Waals surface area contributed by atoms with Gasteiger partial charge in [-0.15, -0.1) is 0 Å². The Morgan fingerprint density at radius 2 is 1.83 bits per heavy atom. The van der Waals surface area contributed by atoms with E-state index in [2.05, 4.69) is 4.99 Å². The zero-order valence-electron chi connectivity index (χ0n) is 14.1. The van der Waals surface area contributed by atoms with E-state index >= 15 is 0 Å². The Kier molecular flexibility index (Phi) is 5.46. The largest absolute Gasteiger partial charge is 0.497 e. The van der Waals surface area contributed by atoms with Gasteiger partial charge >= 0.3 is 0 Å². The first-order valence-corrected chi connectivity index (χ1v) is 9.00. The number of aliphatic imine (C=N–C) groups is 1. The Bertz CT molecular complexity index is 847. The molecule has 2 rings (SSSR count). The Morgan fingerprint density at radius 1 is 1.08 bits per heavy atom. The van der Waals surface area contributed by atoms with Crippen LogP contribution in [0.3, 0.4) is 0 Å². The van der Waals surface area contributed by atoms with Crippen LogP contribution in [0.2, 0.25) is 0 Å². The number of benzene rings is 2. The molecule has 0 fully saturated rings. The van der Waals surface area contributed by atoms with Crippen LogP contribution >= 0.6 is 0 Å². The molecule has 0 aromatic heterocycles. The highest BCUT2D eigenvalue weighted by Crippen LogP contribution is 2.25. The lowest BCUT2D eigenvalue weighted by Gasteiger charge is -2.16. The van der Waals surface area contributed by atoms with Gasteiger partial charge in [0, 0.05) is 18.8 Å². The van der Waals surface area contributed by atoms with Crippen molar-refractivity contribution >= 4 is 27.6 Å². The summed E-state index contributed by atoms with van der Waals surface area (Å²) in [6.45, 7) is 0. The molecule has 0 spiro atoms. The predicted molar refractivity (Wildman–Crippen MR) is 96.5 cm³/mol. The van der Waals surface area contributed by atoms with Gasteiger partial charge in [-0.3, -0.25) is 9.30 Å². The number of anilines is 1. The van der Waals surface area contributed by atoms with Gasteiger partial charge in [0.05, 0.1) is 31.9 Å². The van der Waals surface area contributed by atoms with Gasteiger partial charge in [-0.1, -0.05) is 6.07 Å². The molecule has 2 aromatic rings. The van der Waals surface area contributed by atoms with Gasteiger partial charge in [0.15, 0.2) is 0 Å². The van der Waals surface area contributed by atoms with Gasteiger partial charge in [0.2, 0.25) is 10.0 Å². The Morgan fingerprint density at radius 3 is 2.46 bits per heavy atom. The first-order chi connectivity index (χ1) is 11.3. The van der Waals surface area contributed by atoms with Crippen molar-refractivity contribution in [3.8, 4) is 11.5 Å². The molecule has 0 atom stereocenters. The van der Waals surface area contributed by atoms with E-state index in [1.165, 1.54) is 11.4 Å². The van der Waals surface area contributed by atoms with E-state index < -0.39 is 10.0 Å². The smallest absolute Gasteiger partial charge is 0.231 e. The number of ether oxygens (including phenoxy) is 2. The molecule has 7 heteroatoms. The molecule has 128 valence electrons. The Hall–Kier alpha value is -2.54. The van der Waals surface area contributed by atoms with Crippen LogP contribution in [0.1, 0.15) is 5.56 Å². The lowest BCUT2D eigenvalue weighted by Crippen LogP contribution is -2.24. The molecule has 0 bridgehead atoms. The summed E-state index contributed by atoms with van der Waals surface area (Å²) in [6, 6.07) is 12.4. The first kappa shape index (κ1) is 17.8. The van der Waals surface area contributed by atoms with Gasteiger partial charge in [0.1, 0.15) is 11.5 Å². The second-order valence-corrected chi connectivity index (χ2v) is 7.13. The summed E-state index contributed by atoms with van der Waals surface area (Å²) in [5.74, 6) is 1.37. The van der Waals surface area contributed by atoms with Crippen molar-refractivity contribution in [1.82, 2.24) is 0 Å². The molecule has 0 aliphatic carbocycles. The molecule has 0 aliphatic rings. The van der Waals surface area contributed by atoms with E-state index in [9.17, 15) is 8.42 Å². The summed E-state index contributed by atoms with van der Waals surface area (Å²) >= 11 is 0. The van der Waals surface area contributed by atoms with E-state index in [1.54, 1.807) is 56.8 Å². The maximum Gasteiger partial charge on any atom is 0.231 e. The fourth-order valence-electron chi connectivity index (χ4n) is 2.05. The molecular formula is C17H20N2O4S. The third kappa shape index (κ3) is 4.26. The minimum atomic E-state index is -3.31. The molecule has 0 aliphatic heterocycles. The number of nitrogens with zero attached hydrogens (tertiary/aromatic N) is 2. The number of rotatable bonds is 6. The lowest BCUT2D eigenvalue weighted by atomic mass is 10.2. The van der Waals surface area contributed by atoms with E-state index in [0.717, 1.165) is 11.8 Å². The van der Waals surface area contributed by atoms with Crippen molar-refractivity contribution in [2.24, 2.45) is 4.99 Å². The normalized spacial score (nSPS) is 11.5. The number of hydrogen-bond acceptors (Lipinski definition) is 5. The second kappa shape index (κ2) is 7.35. The predicted octanol–water partition coefficient (Wildman–Crippen LogP) is 2.85. The first-order valence-electron chi connectivity index (χ1n) is 7.15. The summed E-state index contributed by atoms with van der Waals surface area (Å²) in [7, 11) is 1.36. The van der Waals surface area contributed by atoms with E-state index in [4.69, 9.17) is 9.47 Å². The highest BCUT2D eigenvalue weighted by atomic mass is 32.2. The van der Waals surface area contributed by atoms with E-state index in [1.807, 2.05) is 6.07 Å². The van der Waals surface area contributed by atoms with Crippen molar-refractivity contribution in [3.05, 3.63) is 48.0 Å². The summed E-state index contributed by atoms with van der Waals surface area (Å²) in [5.41, 5.74) is 1.94. The Labute approximate surface area is 142 Å². The minimum absolute atomic E-state index is 0.546. The lowest BCUT2D eigenvalue weighted by molar-refractivity contribution is 0.402. The van der Waals surface area contributed by atoms with Gasteiger partial charge < -0.3 is 9.47 Å². The quantitative estimate of drug-likeness (QED) is 0.753. The molecule has 0 heterocycles. The molecule has 0 unspecified atom stereocenters. The minimum Gasteiger partial charge on any atom is -0.497 e. The molecular weight excluding hydrogens is 328 g/mol.